The summed E-state index contributed by atoms with van der Waals surface area (Å²) >= 11 is 0. The molecule has 1 saturated carbocycles. The van der Waals surface area contributed by atoms with Crippen molar-refractivity contribution in [2.24, 2.45) is 11.1 Å². The molecule has 4 heteroatoms. The summed E-state index contributed by atoms with van der Waals surface area (Å²) in [5.74, 6) is 0.412. The van der Waals surface area contributed by atoms with E-state index in [2.05, 4.69) is 17.1 Å². The standard InChI is InChI=1S/C12H22N2O2/c1-9(2)10-4-5-12(3,13-6-7-15)11(8-10)14-16/h10,13,15-16H,1,4-8H2,2-3H3/b14-11-/t10-,12+/m1/s1. The van der Waals surface area contributed by atoms with Gasteiger partial charge in [0.1, 0.15) is 0 Å². The molecule has 2 atom stereocenters. The van der Waals surface area contributed by atoms with Crippen molar-refractivity contribution in [2.75, 3.05) is 13.2 Å². The van der Waals surface area contributed by atoms with Crippen molar-refractivity contribution in [2.45, 2.75) is 38.6 Å². The molecule has 0 amide bonds. The van der Waals surface area contributed by atoms with Crippen LogP contribution in [0.1, 0.15) is 33.1 Å². The average Bonchev–Trinajstić information content (AvgIpc) is 2.26. The lowest BCUT2D eigenvalue weighted by molar-refractivity contribution is 0.255. The van der Waals surface area contributed by atoms with Gasteiger partial charge >= 0.3 is 0 Å². The van der Waals surface area contributed by atoms with E-state index in [1.807, 2.05) is 13.8 Å². The van der Waals surface area contributed by atoms with Crippen molar-refractivity contribution in [1.82, 2.24) is 5.32 Å². The van der Waals surface area contributed by atoms with E-state index in [-0.39, 0.29) is 12.1 Å². The molecular weight excluding hydrogens is 204 g/mol. The predicted molar refractivity (Wildman–Crippen MR) is 64.9 cm³/mol. The van der Waals surface area contributed by atoms with Gasteiger partial charge in [0.05, 0.1) is 17.9 Å². The second-order valence-corrected chi connectivity index (χ2v) is 4.82. The molecule has 0 unspecified atom stereocenters. The van der Waals surface area contributed by atoms with E-state index in [1.165, 1.54) is 0 Å². The second kappa shape index (κ2) is 5.46. The van der Waals surface area contributed by atoms with Gasteiger partial charge in [-0.25, -0.2) is 0 Å². The van der Waals surface area contributed by atoms with Crippen LogP contribution in [0.5, 0.6) is 0 Å². The fourth-order valence-corrected chi connectivity index (χ4v) is 2.26. The van der Waals surface area contributed by atoms with Crippen LogP contribution in [0.15, 0.2) is 17.3 Å². The molecule has 92 valence electrons. The lowest BCUT2D eigenvalue weighted by Crippen LogP contribution is -2.53. The van der Waals surface area contributed by atoms with E-state index >= 15 is 0 Å². The SMILES string of the molecule is C=C(C)[C@@H]1CC[C@](C)(NCCO)/C(=N\O)C1. The first kappa shape index (κ1) is 13.2. The van der Waals surface area contributed by atoms with Crippen molar-refractivity contribution in [3.63, 3.8) is 0 Å². The first-order valence-corrected chi connectivity index (χ1v) is 5.76. The Kier molecular flexibility index (Phi) is 4.50. The molecule has 3 N–H and O–H groups in total. The first-order chi connectivity index (χ1) is 7.53. The first-order valence-electron chi connectivity index (χ1n) is 5.76. The van der Waals surface area contributed by atoms with Gasteiger partial charge in [0.2, 0.25) is 0 Å². The van der Waals surface area contributed by atoms with Gasteiger partial charge in [0.25, 0.3) is 0 Å². The van der Waals surface area contributed by atoms with Crippen LogP contribution in [0.3, 0.4) is 0 Å². The minimum Gasteiger partial charge on any atom is -0.411 e. The minimum atomic E-state index is -0.288. The molecule has 0 bridgehead atoms. The highest BCUT2D eigenvalue weighted by Gasteiger charge is 2.37. The number of oxime groups is 1. The number of nitrogens with one attached hydrogen (secondary N) is 1. The maximum Gasteiger partial charge on any atom is 0.0774 e. The lowest BCUT2D eigenvalue weighted by Gasteiger charge is -2.38. The second-order valence-electron chi connectivity index (χ2n) is 4.82. The van der Waals surface area contributed by atoms with Crippen molar-refractivity contribution in [1.29, 1.82) is 0 Å². The molecule has 1 aliphatic carbocycles. The van der Waals surface area contributed by atoms with Crippen LogP contribution < -0.4 is 5.32 Å². The summed E-state index contributed by atoms with van der Waals surface area (Å²) in [5.41, 5.74) is 1.62. The van der Waals surface area contributed by atoms with Gasteiger partial charge in [0, 0.05) is 6.54 Å². The highest BCUT2D eigenvalue weighted by atomic mass is 16.4. The van der Waals surface area contributed by atoms with E-state index in [0.717, 1.165) is 30.5 Å². The van der Waals surface area contributed by atoms with Crippen LogP contribution in [-0.4, -0.2) is 34.7 Å². The third-order valence-electron chi connectivity index (χ3n) is 3.51. The quantitative estimate of drug-likeness (QED) is 0.387. The predicted octanol–water partition coefficient (Wildman–Crippen LogP) is 1.53. The Hall–Kier alpha value is -0.870. The number of aliphatic hydroxyl groups excluding tert-OH is 1. The van der Waals surface area contributed by atoms with Crippen LogP contribution in [0.2, 0.25) is 0 Å². The number of hydrogen-bond acceptors (Lipinski definition) is 4. The van der Waals surface area contributed by atoms with Gasteiger partial charge in [-0.05, 0) is 39.0 Å². The molecule has 0 aromatic carbocycles. The molecule has 4 nitrogen and oxygen atoms in total. The van der Waals surface area contributed by atoms with Crippen LogP contribution >= 0.6 is 0 Å². The summed E-state index contributed by atoms with van der Waals surface area (Å²) in [4.78, 5) is 0. The zero-order chi connectivity index (χ0) is 12.2. The Morgan fingerprint density at radius 1 is 1.69 bits per heavy atom. The van der Waals surface area contributed by atoms with Gasteiger partial charge < -0.3 is 15.6 Å². The minimum absolute atomic E-state index is 0.0954. The number of β-amino-alcohol motifs (C(OH)–C–C–N with tert-alkyl or cyclic N) is 1. The summed E-state index contributed by atoms with van der Waals surface area (Å²) in [6.45, 7) is 8.61. The van der Waals surface area contributed by atoms with E-state index in [1.54, 1.807) is 0 Å². The highest BCUT2D eigenvalue weighted by Crippen LogP contribution is 2.33. The Bertz CT molecular complexity index is 289. The number of hydrogen-bond donors (Lipinski definition) is 3. The van der Waals surface area contributed by atoms with Crippen molar-refractivity contribution < 1.29 is 10.3 Å². The van der Waals surface area contributed by atoms with E-state index < -0.39 is 0 Å². The summed E-state index contributed by atoms with van der Waals surface area (Å²) < 4.78 is 0. The summed E-state index contributed by atoms with van der Waals surface area (Å²) in [6.07, 6.45) is 2.70. The largest absolute Gasteiger partial charge is 0.411 e. The summed E-state index contributed by atoms with van der Waals surface area (Å²) in [7, 11) is 0. The normalized spacial score (nSPS) is 32.9. The molecule has 1 rings (SSSR count). The fourth-order valence-electron chi connectivity index (χ4n) is 2.26. The van der Waals surface area contributed by atoms with Gasteiger partial charge in [-0.15, -0.1) is 0 Å². The van der Waals surface area contributed by atoms with Gasteiger partial charge in [0.15, 0.2) is 0 Å². The molecule has 1 fully saturated rings. The maximum absolute atomic E-state index is 9.08. The average molecular weight is 226 g/mol. The topological polar surface area (TPSA) is 64.8 Å². The molecule has 16 heavy (non-hydrogen) atoms. The van der Waals surface area contributed by atoms with E-state index in [4.69, 9.17) is 10.3 Å². The van der Waals surface area contributed by atoms with Crippen LogP contribution in [0, 0.1) is 5.92 Å². The smallest absolute Gasteiger partial charge is 0.0774 e. The third kappa shape index (κ3) is 2.83. The van der Waals surface area contributed by atoms with Crippen LogP contribution in [0.4, 0.5) is 0 Å². The van der Waals surface area contributed by atoms with Gasteiger partial charge in [-0.2, -0.15) is 0 Å². The number of aliphatic hydroxyl groups is 1. The Labute approximate surface area is 97.0 Å². The third-order valence-corrected chi connectivity index (χ3v) is 3.51. The molecule has 0 heterocycles. The number of rotatable bonds is 4. The number of allylic oxidation sites excluding steroid dienone is 1. The van der Waals surface area contributed by atoms with Gasteiger partial charge in [-0.3, -0.25) is 0 Å². The summed E-state index contributed by atoms with van der Waals surface area (Å²) in [5, 5.41) is 24.6. The maximum atomic E-state index is 9.08. The molecule has 0 aliphatic heterocycles. The molecule has 0 aromatic rings. The molecule has 0 radical (unpaired) electrons. The molecule has 1 aliphatic rings. The molecule has 0 spiro atoms. The zero-order valence-electron chi connectivity index (χ0n) is 10.2. The van der Waals surface area contributed by atoms with Gasteiger partial charge in [-0.1, -0.05) is 17.3 Å². The van der Waals surface area contributed by atoms with Crippen molar-refractivity contribution >= 4 is 5.71 Å². The lowest BCUT2D eigenvalue weighted by atomic mass is 9.74. The van der Waals surface area contributed by atoms with E-state index in [9.17, 15) is 0 Å². The Balaban J connectivity index is 2.72. The monoisotopic (exact) mass is 226 g/mol. The fraction of sp³-hybridized carbons (Fsp3) is 0.750. The molecule has 0 saturated heterocycles. The Morgan fingerprint density at radius 2 is 2.38 bits per heavy atom. The Morgan fingerprint density at radius 3 is 2.88 bits per heavy atom. The number of nitrogens with zero attached hydrogens (tertiary/aromatic N) is 1. The van der Waals surface area contributed by atoms with Crippen LogP contribution in [-0.2, 0) is 0 Å². The molecular formula is C12H22N2O2. The van der Waals surface area contributed by atoms with Crippen LogP contribution in [0.25, 0.3) is 0 Å². The highest BCUT2D eigenvalue weighted by molar-refractivity contribution is 5.93. The van der Waals surface area contributed by atoms with Crippen molar-refractivity contribution in [3.05, 3.63) is 12.2 Å². The zero-order valence-corrected chi connectivity index (χ0v) is 10.2. The van der Waals surface area contributed by atoms with Crippen molar-refractivity contribution in [3.8, 4) is 0 Å². The summed E-state index contributed by atoms with van der Waals surface area (Å²) in [6, 6.07) is 0. The molecule has 0 aromatic heterocycles. The van der Waals surface area contributed by atoms with E-state index in [0.29, 0.717) is 12.5 Å².